The van der Waals surface area contributed by atoms with Gasteiger partial charge in [-0.25, -0.2) is 0 Å². The summed E-state index contributed by atoms with van der Waals surface area (Å²) >= 11 is 0. The summed E-state index contributed by atoms with van der Waals surface area (Å²) < 4.78 is 6.66. The molecule has 6 atom stereocenters. The largest absolute Gasteiger partial charge is 0.394 e. The number of ether oxygens (including phenoxy) is 1. The van der Waals surface area contributed by atoms with E-state index in [-0.39, 0.29) is 36.3 Å². The van der Waals surface area contributed by atoms with Gasteiger partial charge in [-0.15, -0.1) is 0 Å². The number of carbonyl (C=O) groups excluding carboxylic acids is 3. The number of hydrogen-bond donors (Lipinski definition) is 3. The molecule has 1 spiro atoms. The van der Waals surface area contributed by atoms with E-state index in [1.807, 2.05) is 41.5 Å². The van der Waals surface area contributed by atoms with Crippen LogP contribution in [0.3, 0.4) is 0 Å². The summed E-state index contributed by atoms with van der Waals surface area (Å²) in [6, 6.07) is -1.48. The standard InChI is InChI=1S/C23H39N3O5/c1-7-11-24-19(28)16-17-21(30)26(15(12-27)13(3)4)18(20(29)25-14(5)6)23(17)10-9-22(16,8-2)31-23/h13-18,27H,7-12H2,1-6H3,(H,24,28)(H,25,29)/t15-,16+,17-,18?,22-,23?/m0/s1. The van der Waals surface area contributed by atoms with Crippen molar-refractivity contribution < 1.29 is 24.2 Å². The quantitative estimate of drug-likeness (QED) is 0.503. The lowest BCUT2D eigenvalue weighted by Crippen LogP contribution is -2.59. The number of aliphatic hydroxyl groups is 1. The molecule has 3 N–H and O–H groups in total. The SMILES string of the molecule is CCCNC(=O)[C@H]1[C@H]2C(=O)N([C@@H](CO)C(C)C)C(C(=O)NC(C)C)C23CC[C@]1(CC)O3. The molecule has 0 aromatic carbocycles. The molecule has 2 bridgehead atoms. The van der Waals surface area contributed by atoms with Gasteiger partial charge in [-0.3, -0.25) is 14.4 Å². The fourth-order valence-corrected chi connectivity index (χ4v) is 6.05. The van der Waals surface area contributed by atoms with Crippen LogP contribution in [0.1, 0.15) is 67.2 Å². The summed E-state index contributed by atoms with van der Waals surface area (Å²) in [6.07, 6.45) is 2.60. The van der Waals surface area contributed by atoms with E-state index in [4.69, 9.17) is 4.74 Å². The molecule has 8 heteroatoms. The number of fused-ring (bicyclic) bond motifs is 1. The van der Waals surface area contributed by atoms with Gasteiger partial charge < -0.3 is 25.4 Å². The average molecular weight is 438 g/mol. The van der Waals surface area contributed by atoms with Crippen LogP contribution in [0.5, 0.6) is 0 Å². The smallest absolute Gasteiger partial charge is 0.246 e. The second-order valence-electron chi connectivity index (χ2n) is 10.0. The molecule has 2 unspecified atom stereocenters. The number of aliphatic hydroxyl groups excluding tert-OH is 1. The van der Waals surface area contributed by atoms with Crippen LogP contribution >= 0.6 is 0 Å². The molecular weight excluding hydrogens is 398 g/mol. The second-order valence-corrected chi connectivity index (χ2v) is 10.0. The van der Waals surface area contributed by atoms with Gasteiger partial charge in [-0.1, -0.05) is 27.7 Å². The fraction of sp³-hybridized carbons (Fsp3) is 0.870. The minimum Gasteiger partial charge on any atom is -0.394 e. The first-order valence-corrected chi connectivity index (χ1v) is 11.8. The molecule has 0 aliphatic carbocycles. The number of amides is 3. The molecular formula is C23H39N3O5. The minimum atomic E-state index is -1.04. The molecule has 3 heterocycles. The molecule has 3 amide bonds. The van der Waals surface area contributed by atoms with E-state index in [1.165, 1.54) is 4.90 Å². The Balaban J connectivity index is 2.11. The molecule has 0 saturated carbocycles. The van der Waals surface area contributed by atoms with Gasteiger partial charge in [0.1, 0.15) is 11.6 Å². The first-order chi connectivity index (χ1) is 14.6. The number of nitrogens with one attached hydrogen (secondary N) is 2. The van der Waals surface area contributed by atoms with Crippen LogP contribution in [0.4, 0.5) is 0 Å². The molecule has 0 aromatic heterocycles. The summed E-state index contributed by atoms with van der Waals surface area (Å²) in [4.78, 5) is 42.2. The Hall–Kier alpha value is -1.67. The van der Waals surface area contributed by atoms with Gasteiger partial charge in [-0.05, 0) is 45.4 Å². The molecule has 0 radical (unpaired) electrons. The van der Waals surface area contributed by atoms with Gasteiger partial charge in [0.05, 0.1) is 30.1 Å². The Morgan fingerprint density at radius 3 is 2.39 bits per heavy atom. The summed E-state index contributed by atoms with van der Waals surface area (Å²) in [7, 11) is 0. The van der Waals surface area contributed by atoms with Crippen LogP contribution in [0.25, 0.3) is 0 Å². The lowest BCUT2D eigenvalue weighted by atomic mass is 9.65. The third-order valence-electron chi connectivity index (χ3n) is 7.44. The molecule has 3 fully saturated rings. The van der Waals surface area contributed by atoms with Crippen molar-refractivity contribution in [3.8, 4) is 0 Å². The van der Waals surface area contributed by atoms with Crippen molar-refractivity contribution in [2.24, 2.45) is 17.8 Å². The Kier molecular flexibility index (Phi) is 6.73. The monoisotopic (exact) mass is 437 g/mol. The topological polar surface area (TPSA) is 108 Å². The van der Waals surface area contributed by atoms with E-state index < -0.39 is 35.1 Å². The maximum atomic E-state index is 13.9. The molecule has 0 aromatic rings. The van der Waals surface area contributed by atoms with Crippen molar-refractivity contribution in [1.29, 1.82) is 0 Å². The molecule has 8 nitrogen and oxygen atoms in total. The van der Waals surface area contributed by atoms with Gasteiger partial charge in [0, 0.05) is 12.6 Å². The van der Waals surface area contributed by atoms with Crippen LogP contribution in [0.15, 0.2) is 0 Å². The Bertz CT molecular complexity index is 726. The van der Waals surface area contributed by atoms with Crippen molar-refractivity contribution in [3.05, 3.63) is 0 Å². The average Bonchev–Trinajstić information content (AvgIpc) is 3.30. The normalized spacial score (nSPS) is 35.1. The lowest BCUT2D eigenvalue weighted by Gasteiger charge is -2.39. The lowest BCUT2D eigenvalue weighted by molar-refractivity contribution is -0.152. The van der Waals surface area contributed by atoms with Crippen LogP contribution in [0, 0.1) is 17.8 Å². The number of nitrogens with zero attached hydrogens (tertiary/aromatic N) is 1. The summed E-state index contributed by atoms with van der Waals surface area (Å²) in [5, 5.41) is 16.1. The highest BCUT2D eigenvalue weighted by Gasteiger charge is 2.79. The third-order valence-corrected chi connectivity index (χ3v) is 7.44. The number of likely N-dealkylation sites (tertiary alicyclic amines) is 1. The Morgan fingerprint density at radius 2 is 1.87 bits per heavy atom. The first kappa shape index (κ1) is 24.0. The number of rotatable bonds is 9. The fourth-order valence-electron chi connectivity index (χ4n) is 6.05. The van der Waals surface area contributed by atoms with Crippen LogP contribution in [-0.2, 0) is 19.1 Å². The van der Waals surface area contributed by atoms with E-state index >= 15 is 0 Å². The van der Waals surface area contributed by atoms with Crippen molar-refractivity contribution in [2.45, 2.75) is 96.6 Å². The summed E-state index contributed by atoms with van der Waals surface area (Å²) in [5.41, 5.74) is -1.77. The van der Waals surface area contributed by atoms with E-state index in [0.29, 0.717) is 25.8 Å². The maximum Gasteiger partial charge on any atom is 0.246 e. The van der Waals surface area contributed by atoms with Gasteiger partial charge in [0.15, 0.2) is 0 Å². The third kappa shape index (κ3) is 3.55. The summed E-state index contributed by atoms with van der Waals surface area (Å²) in [6.45, 7) is 11.9. The van der Waals surface area contributed by atoms with E-state index in [9.17, 15) is 19.5 Å². The summed E-state index contributed by atoms with van der Waals surface area (Å²) in [5.74, 6) is -2.08. The highest BCUT2D eigenvalue weighted by atomic mass is 16.5. The van der Waals surface area contributed by atoms with E-state index in [1.54, 1.807) is 0 Å². The van der Waals surface area contributed by atoms with Crippen molar-refractivity contribution in [2.75, 3.05) is 13.2 Å². The zero-order chi connectivity index (χ0) is 23.1. The number of carbonyl (C=O) groups is 3. The van der Waals surface area contributed by atoms with Crippen LogP contribution in [0.2, 0.25) is 0 Å². The van der Waals surface area contributed by atoms with Gasteiger partial charge in [-0.2, -0.15) is 0 Å². The van der Waals surface area contributed by atoms with Crippen LogP contribution in [-0.4, -0.2) is 70.2 Å². The molecule has 3 saturated heterocycles. The second kappa shape index (κ2) is 8.70. The Morgan fingerprint density at radius 1 is 1.19 bits per heavy atom. The van der Waals surface area contributed by atoms with Crippen LogP contribution < -0.4 is 10.6 Å². The zero-order valence-corrected chi connectivity index (χ0v) is 19.7. The molecule has 3 rings (SSSR count). The van der Waals surface area contributed by atoms with Gasteiger partial charge >= 0.3 is 0 Å². The highest BCUT2D eigenvalue weighted by Crippen LogP contribution is 2.64. The van der Waals surface area contributed by atoms with Crippen molar-refractivity contribution in [1.82, 2.24) is 15.5 Å². The van der Waals surface area contributed by atoms with Crippen molar-refractivity contribution in [3.63, 3.8) is 0 Å². The molecule has 3 aliphatic rings. The minimum absolute atomic E-state index is 0.0526. The van der Waals surface area contributed by atoms with E-state index in [0.717, 1.165) is 6.42 Å². The molecule has 31 heavy (non-hydrogen) atoms. The Labute approximate surface area is 185 Å². The molecule has 3 aliphatic heterocycles. The predicted molar refractivity (Wildman–Crippen MR) is 116 cm³/mol. The highest BCUT2D eigenvalue weighted by molar-refractivity contribution is 5.99. The molecule has 176 valence electrons. The van der Waals surface area contributed by atoms with Gasteiger partial charge in [0.2, 0.25) is 17.7 Å². The maximum absolute atomic E-state index is 13.9. The predicted octanol–water partition coefficient (Wildman–Crippen LogP) is 1.21. The zero-order valence-electron chi connectivity index (χ0n) is 19.7. The van der Waals surface area contributed by atoms with Crippen molar-refractivity contribution >= 4 is 17.7 Å². The first-order valence-electron chi connectivity index (χ1n) is 11.8. The number of hydrogen-bond acceptors (Lipinski definition) is 5. The van der Waals surface area contributed by atoms with E-state index in [2.05, 4.69) is 10.6 Å². The van der Waals surface area contributed by atoms with Gasteiger partial charge in [0.25, 0.3) is 0 Å².